The van der Waals surface area contributed by atoms with E-state index in [4.69, 9.17) is 13.9 Å². The van der Waals surface area contributed by atoms with Gasteiger partial charge in [-0.1, -0.05) is 11.8 Å². The predicted molar refractivity (Wildman–Crippen MR) is 92.6 cm³/mol. The second-order valence-corrected chi connectivity index (χ2v) is 6.66. The number of thioether (sulfide) groups is 1. The number of hydrogen-bond donors (Lipinski definition) is 0. The van der Waals surface area contributed by atoms with Crippen LogP contribution in [0.3, 0.4) is 0 Å². The molecule has 0 unspecified atom stereocenters. The Kier molecular flexibility index (Phi) is 5.40. The van der Waals surface area contributed by atoms with E-state index in [9.17, 15) is 13.2 Å². The molecule has 2 heterocycles. The van der Waals surface area contributed by atoms with Crippen molar-refractivity contribution in [1.82, 2.24) is 10.2 Å². The van der Waals surface area contributed by atoms with Crippen LogP contribution in [-0.2, 0) is 17.1 Å². The van der Waals surface area contributed by atoms with E-state index in [0.29, 0.717) is 34.8 Å². The molecule has 2 aromatic carbocycles. The summed E-state index contributed by atoms with van der Waals surface area (Å²) in [5, 5.41) is 8.18. The van der Waals surface area contributed by atoms with Gasteiger partial charge in [-0.05, 0) is 36.4 Å². The van der Waals surface area contributed by atoms with Crippen molar-refractivity contribution in [2.45, 2.75) is 24.2 Å². The van der Waals surface area contributed by atoms with Crippen LogP contribution in [0, 0.1) is 5.82 Å². The van der Waals surface area contributed by atoms with Gasteiger partial charge in [-0.25, -0.2) is 4.39 Å². The lowest BCUT2D eigenvalue weighted by atomic mass is 10.1. The maximum absolute atomic E-state index is 13.8. The van der Waals surface area contributed by atoms with Crippen LogP contribution in [0.15, 0.2) is 46.0 Å². The van der Waals surface area contributed by atoms with E-state index in [-0.39, 0.29) is 29.5 Å². The van der Waals surface area contributed by atoms with Gasteiger partial charge in [0.15, 0.2) is 6.79 Å². The second-order valence-electron chi connectivity index (χ2n) is 5.73. The van der Waals surface area contributed by atoms with Gasteiger partial charge in [-0.3, -0.25) is 0 Å². The number of aromatic nitrogens is 2. The van der Waals surface area contributed by atoms with Gasteiger partial charge in [-0.2, -0.15) is 8.78 Å². The maximum atomic E-state index is 13.8. The first-order chi connectivity index (χ1) is 13.6. The Balaban J connectivity index is 1.45. The number of rotatable bonds is 6. The van der Waals surface area contributed by atoms with Crippen LogP contribution in [0.4, 0.5) is 13.2 Å². The number of fused-ring (bicyclic) bond motifs is 1. The van der Waals surface area contributed by atoms with Gasteiger partial charge in [0, 0.05) is 22.4 Å². The Hall–Kier alpha value is -2.72. The zero-order valence-corrected chi connectivity index (χ0v) is 15.0. The smallest absolute Gasteiger partial charge is 0.387 e. The zero-order valence-electron chi connectivity index (χ0n) is 14.2. The molecular weight excluding hydrogens is 397 g/mol. The summed E-state index contributed by atoms with van der Waals surface area (Å²) in [7, 11) is 0. The Labute approximate surface area is 161 Å². The molecule has 0 aliphatic carbocycles. The van der Waals surface area contributed by atoms with E-state index in [1.807, 2.05) is 0 Å². The van der Waals surface area contributed by atoms with E-state index in [0.717, 1.165) is 0 Å². The lowest BCUT2D eigenvalue weighted by Crippen LogP contribution is -2.13. The molecule has 1 aliphatic rings. The fourth-order valence-electron chi connectivity index (χ4n) is 2.67. The summed E-state index contributed by atoms with van der Waals surface area (Å²) < 4.78 is 58.7. The molecule has 6 nitrogen and oxygen atoms in total. The summed E-state index contributed by atoms with van der Waals surface area (Å²) >= 11 is 1.23. The minimum absolute atomic E-state index is 0.0349. The summed E-state index contributed by atoms with van der Waals surface area (Å²) in [5.74, 6) is 0.864. The summed E-state index contributed by atoms with van der Waals surface area (Å²) in [6.45, 7) is -2.48. The van der Waals surface area contributed by atoms with Crippen LogP contribution in [-0.4, -0.2) is 23.6 Å². The second kappa shape index (κ2) is 8.11. The molecule has 0 amide bonds. The fraction of sp³-hybridized carbons (Fsp3) is 0.222. The monoisotopic (exact) mass is 410 g/mol. The summed E-state index contributed by atoms with van der Waals surface area (Å²) in [5.41, 5.74) is 1.88. The van der Waals surface area contributed by atoms with E-state index in [1.165, 1.54) is 48.2 Å². The van der Waals surface area contributed by atoms with Gasteiger partial charge in [0.05, 0.1) is 6.61 Å². The Bertz CT molecular complexity index is 966. The van der Waals surface area contributed by atoms with Crippen LogP contribution >= 0.6 is 11.8 Å². The SMILES string of the molecule is Fc1cc2c(c(CSc3nnc(-c4ccc(OC(F)F)cc4)o3)c1)OCOC2. The van der Waals surface area contributed by atoms with Crippen LogP contribution in [0.1, 0.15) is 11.1 Å². The van der Waals surface area contributed by atoms with E-state index in [1.54, 1.807) is 0 Å². The summed E-state index contributed by atoms with van der Waals surface area (Å²) in [6, 6.07) is 8.63. The molecule has 0 radical (unpaired) electrons. The Morgan fingerprint density at radius 2 is 1.96 bits per heavy atom. The van der Waals surface area contributed by atoms with Gasteiger partial charge in [0.2, 0.25) is 5.89 Å². The van der Waals surface area contributed by atoms with Crippen molar-refractivity contribution in [2.75, 3.05) is 6.79 Å². The van der Waals surface area contributed by atoms with Gasteiger partial charge < -0.3 is 18.6 Å². The van der Waals surface area contributed by atoms with Crippen LogP contribution < -0.4 is 9.47 Å². The quantitative estimate of drug-likeness (QED) is 0.549. The molecule has 146 valence electrons. The van der Waals surface area contributed by atoms with Crippen LogP contribution in [0.2, 0.25) is 0 Å². The number of benzene rings is 2. The predicted octanol–water partition coefficient (Wildman–Crippen LogP) is 4.64. The molecule has 0 N–H and O–H groups in total. The fourth-order valence-corrected chi connectivity index (χ4v) is 3.40. The highest BCUT2D eigenvalue weighted by Gasteiger charge is 2.18. The largest absolute Gasteiger partial charge is 0.467 e. The molecule has 4 rings (SSSR count). The zero-order chi connectivity index (χ0) is 19.5. The number of halogens is 3. The van der Waals surface area contributed by atoms with Gasteiger partial charge >= 0.3 is 6.61 Å². The molecule has 0 saturated heterocycles. The third kappa shape index (κ3) is 4.23. The first kappa shape index (κ1) is 18.6. The number of hydrogen-bond acceptors (Lipinski definition) is 7. The van der Waals surface area contributed by atoms with E-state index in [2.05, 4.69) is 14.9 Å². The minimum Gasteiger partial charge on any atom is -0.467 e. The third-order valence-corrected chi connectivity index (χ3v) is 4.70. The van der Waals surface area contributed by atoms with E-state index < -0.39 is 6.61 Å². The third-order valence-electron chi connectivity index (χ3n) is 3.84. The van der Waals surface area contributed by atoms with Crippen LogP contribution in [0.25, 0.3) is 11.5 Å². The average molecular weight is 410 g/mol. The first-order valence-electron chi connectivity index (χ1n) is 8.12. The van der Waals surface area contributed by atoms with Gasteiger partial charge in [-0.15, -0.1) is 10.2 Å². The first-order valence-corrected chi connectivity index (χ1v) is 9.10. The Morgan fingerprint density at radius 1 is 1.14 bits per heavy atom. The molecule has 0 bridgehead atoms. The summed E-state index contributed by atoms with van der Waals surface area (Å²) in [4.78, 5) is 0. The molecule has 1 aromatic heterocycles. The maximum Gasteiger partial charge on any atom is 0.387 e. The Morgan fingerprint density at radius 3 is 2.75 bits per heavy atom. The normalized spacial score (nSPS) is 13.3. The molecule has 28 heavy (non-hydrogen) atoms. The molecule has 3 aromatic rings. The number of alkyl halides is 2. The topological polar surface area (TPSA) is 66.6 Å². The molecule has 10 heteroatoms. The molecule has 1 aliphatic heterocycles. The van der Waals surface area contributed by atoms with Crippen molar-refractivity contribution < 1.29 is 31.8 Å². The molecule has 0 spiro atoms. The van der Waals surface area contributed by atoms with Gasteiger partial charge in [0.25, 0.3) is 5.22 Å². The highest BCUT2D eigenvalue weighted by Crippen LogP contribution is 2.34. The van der Waals surface area contributed by atoms with Crippen molar-refractivity contribution in [3.05, 3.63) is 53.3 Å². The molecule has 0 saturated carbocycles. The molecular formula is C18H13F3N2O4S. The van der Waals surface area contributed by atoms with Crippen molar-refractivity contribution in [1.29, 1.82) is 0 Å². The van der Waals surface area contributed by atoms with Gasteiger partial charge in [0.1, 0.15) is 17.3 Å². The van der Waals surface area contributed by atoms with Crippen molar-refractivity contribution in [2.24, 2.45) is 0 Å². The average Bonchev–Trinajstić information content (AvgIpc) is 3.15. The highest BCUT2D eigenvalue weighted by molar-refractivity contribution is 7.98. The number of ether oxygens (including phenoxy) is 3. The van der Waals surface area contributed by atoms with Crippen molar-refractivity contribution in [3.63, 3.8) is 0 Å². The lowest BCUT2D eigenvalue weighted by molar-refractivity contribution is -0.0498. The van der Waals surface area contributed by atoms with Crippen molar-refractivity contribution in [3.8, 4) is 23.0 Å². The lowest BCUT2D eigenvalue weighted by Gasteiger charge is -2.20. The molecule has 0 fully saturated rings. The standard InChI is InChI=1S/C18H13F3N2O4S/c19-13-5-11-7-24-9-25-15(11)12(6-13)8-28-18-23-22-16(27-18)10-1-3-14(4-2-10)26-17(20)21/h1-6,17H,7-9H2. The van der Waals surface area contributed by atoms with E-state index >= 15 is 0 Å². The highest BCUT2D eigenvalue weighted by atomic mass is 32.2. The summed E-state index contributed by atoms with van der Waals surface area (Å²) in [6.07, 6.45) is 0. The van der Waals surface area contributed by atoms with Crippen molar-refractivity contribution >= 4 is 11.8 Å². The number of nitrogens with zero attached hydrogens (tertiary/aromatic N) is 2. The minimum atomic E-state index is -2.89. The van der Waals surface area contributed by atoms with Crippen LogP contribution in [0.5, 0.6) is 11.5 Å². The molecule has 0 atom stereocenters.